The van der Waals surface area contributed by atoms with Crippen LogP contribution in [0.2, 0.25) is 5.02 Å². The van der Waals surface area contributed by atoms with Gasteiger partial charge in [-0.1, -0.05) is 65.9 Å². The Bertz CT molecular complexity index is 1150. The lowest BCUT2D eigenvalue weighted by Crippen LogP contribution is -2.26. The monoisotopic (exact) mass is 513 g/mol. The van der Waals surface area contributed by atoms with Crippen molar-refractivity contribution >= 4 is 57.6 Å². The number of aromatic nitrogens is 2. The number of rotatable bonds is 6. The first-order valence-electron chi connectivity index (χ1n) is 9.35. The molecule has 1 fully saturated rings. The highest BCUT2D eigenvalue weighted by Crippen LogP contribution is 2.40. The van der Waals surface area contributed by atoms with Gasteiger partial charge in [0.25, 0.3) is 0 Å². The summed E-state index contributed by atoms with van der Waals surface area (Å²) in [4.78, 5) is 12.2. The predicted octanol–water partition coefficient (Wildman–Crippen LogP) is 5.90. The molecule has 166 valence electrons. The van der Waals surface area contributed by atoms with E-state index < -0.39 is 23.0 Å². The molecule has 4 nitrogen and oxygen atoms in total. The molecular weight excluding hydrogens is 499 g/mol. The van der Waals surface area contributed by atoms with E-state index in [4.69, 9.17) is 23.8 Å². The van der Waals surface area contributed by atoms with Gasteiger partial charge in [0, 0.05) is 16.3 Å². The highest BCUT2D eigenvalue weighted by atomic mass is 35.5. The number of hydrogen-bond donors (Lipinski definition) is 1. The van der Waals surface area contributed by atoms with E-state index in [0.717, 1.165) is 17.3 Å². The number of benzene rings is 2. The lowest BCUT2D eigenvalue weighted by Gasteiger charge is -2.12. The first kappa shape index (κ1) is 23.2. The molecule has 1 atom stereocenters. The van der Waals surface area contributed by atoms with Gasteiger partial charge in [-0.2, -0.15) is 18.3 Å². The van der Waals surface area contributed by atoms with Gasteiger partial charge in [-0.15, -0.1) is 11.8 Å². The molecule has 11 heteroatoms. The molecule has 0 saturated carbocycles. The molecular formula is C21H15ClF3N3OS3. The van der Waals surface area contributed by atoms with Crippen LogP contribution >= 0.6 is 47.3 Å². The molecule has 1 unspecified atom stereocenters. The van der Waals surface area contributed by atoms with Gasteiger partial charge in [0.05, 0.1) is 10.9 Å². The molecule has 1 amide bonds. The van der Waals surface area contributed by atoms with Crippen LogP contribution in [0.25, 0.3) is 5.69 Å². The molecule has 1 aliphatic rings. The standard InChI is InChI=1S/C21H15ClF3N3OS3/c22-13-8-6-12(7-9-13)11-31-19-15(10-16-18(29)26-20(30)32-16)17(21(23,24)25)27-28(19)14-4-2-1-3-5-14/h1-9,16H,10-11H2,(H,26,29,30). The molecule has 0 radical (unpaired) electrons. The van der Waals surface area contributed by atoms with Gasteiger partial charge in [0.2, 0.25) is 5.91 Å². The van der Waals surface area contributed by atoms with Crippen LogP contribution in [0.15, 0.2) is 59.6 Å². The molecule has 0 aliphatic carbocycles. The summed E-state index contributed by atoms with van der Waals surface area (Å²) in [6.07, 6.45) is -4.81. The second-order valence-corrected chi connectivity index (χ2v) is 10.2. The number of alkyl halides is 3. The highest BCUT2D eigenvalue weighted by Gasteiger charge is 2.42. The van der Waals surface area contributed by atoms with Gasteiger partial charge < -0.3 is 5.32 Å². The molecule has 2 aromatic carbocycles. The van der Waals surface area contributed by atoms with Crippen molar-refractivity contribution in [2.24, 2.45) is 0 Å². The number of carbonyl (C=O) groups excluding carboxylic acids is 1. The maximum atomic E-state index is 14.0. The summed E-state index contributed by atoms with van der Waals surface area (Å²) in [7, 11) is 0. The molecule has 1 saturated heterocycles. The third-order valence-corrected chi connectivity index (χ3v) is 7.45. The normalized spacial score (nSPS) is 16.4. The Kier molecular flexibility index (Phi) is 6.85. The van der Waals surface area contributed by atoms with E-state index >= 15 is 0 Å². The number of carbonyl (C=O) groups is 1. The molecule has 32 heavy (non-hydrogen) atoms. The fraction of sp³-hybridized carbons (Fsp3) is 0.190. The number of halogens is 4. The number of nitrogens with zero attached hydrogens (tertiary/aromatic N) is 2. The summed E-state index contributed by atoms with van der Waals surface area (Å²) in [6, 6.07) is 15.7. The molecule has 4 rings (SSSR count). The number of para-hydroxylation sites is 1. The first-order chi connectivity index (χ1) is 15.2. The number of hydrogen-bond acceptors (Lipinski definition) is 5. The molecule has 0 bridgehead atoms. The highest BCUT2D eigenvalue weighted by molar-refractivity contribution is 8.24. The van der Waals surface area contributed by atoms with Gasteiger partial charge in [0.15, 0.2) is 5.69 Å². The molecule has 1 N–H and O–H groups in total. The Labute approximate surface area is 200 Å². The Morgan fingerprint density at radius 1 is 1.16 bits per heavy atom. The van der Waals surface area contributed by atoms with Crippen molar-refractivity contribution in [2.45, 2.75) is 28.6 Å². The Morgan fingerprint density at radius 2 is 1.84 bits per heavy atom. The average Bonchev–Trinajstić information content (AvgIpc) is 3.27. The van der Waals surface area contributed by atoms with Crippen LogP contribution in [-0.4, -0.2) is 25.3 Å². The second-order valence-electron chi connectivity index (χ2n) is 6.88. The zero-order valence-corrected chi connectivity index (χ0v) is 19.4. The molecule has 1 aliphatic heterocycles. The maximum Gasteiger partial charge on any atom is 0.435 e. The van der Waals surface area contributed by atoms with E-state index in [2.05, 4.69) is 10.4 Å². The summed E-state index contributed by atoms with van der Waals surface area (Å²) in [6.45, 7) is 0. The van der Waals surface area contributed by atoms with Gasteiger partial charge in [-0.3, -0.25) is 4.79 Å². The van der Waals surface area contributed by atoms with Gasteiger partial charge in [-0.25, -0.2) is 4.68 Å². The molecule has 3 aromatic rings. The van der Waals surface area contributed by atoms with E-state index in [1.54, 1.807) is 42.5 Å². The summed E-state index contributed by atoms with van der Waals surface area (Å²) >= 11 is 13.2. The first-order valence-corrected chi connectivity index (χ1v) is 12.0. The van der Waals surface area contributed by atoms with E-state index in [0.29, 0.717) is 21.5 Å². The molecule has 2 heterocycles. The number of thioether (sulfide) groups is 2. The van der Waals surface area contributed by atoms with Crippen molar-refractivity contribution in [2.75, 3.05) is 0 Å². The molecule has 1 aromatic heterocycles. The van der Waals surface area contributed by atoms with Gasteiger partial charge in [0.1, 0.15) is 9.35 Å². The van der Waals surface area contributed by atoms with Gasteiger partial charge >= 0.3 is 6.18 Å². The van der Waals surface area contributed by atoms with Crippen LogP contribution in [0.4, 0.5) is 13.2 Å². The van der Waals surface area contributed by atoms with Crippen molar-refractivity contribution in [1.82, 2.24) is 15.1 Å². The smallest absolute Gasteiger partial charge is 0.311 e. The minimum Gasteiger partial charge on any atom is -0.311 e. The van der Waals surface area contributed by atoms with Crippen molar-refractivity contribution in [3.8, 4) is 5.69 Å². The van der Waals surface area contributed by atoms with Crippen LogP contribution in [0.5, 0.6) is 0 Å². The summed E-state index contributed by atoms with van der Waals surface area (Å²) in [5.41, 5.74) is 0.389. The Balaban J connectivity index is 1.78. The van der Waals surface area contributed by atoms with Crippen LogP contribution in [0, 0.1) is 0 Å². The van der Waals surface area contributed by atoms with E-state index in [1.807, 2.05) is 12.1 Å². The van der Waals surface area contributed by atoms with E-state index in [-0.39, 0.29) is 16.3 Å². The summed E-state index contributed by atoms with van der Waals surface area (Å²) in [5.74, 6) is 0.0109. The second kappa shape index (κ2) is 9.46. The minimum absolute atomic E-state index is 0.0160. The largest absolute Gasteiger partial charge is 0.435 e. The average molecular weight is 514 g/mol. The van der Waals surface area contributed by atoms with Crippen LogP contribution in [-0.2, 0) is 23.1 Å². The molecule has 0 spiro atoms. The third-order valence-electron chi connectivity index (χ3n) is 4.65. The predicted molar refractivity (Wildman–Crippen MR) is 125 cm³/mol. The van der Waals surface area contributed by atoms with Gasteiger partial charge in [-0.05, 0) is 36.2 Å². The number of amides is 1. The van der Waals surface area contributed by atoms with Crippen molar-refractivity contribution < 1.29 is 18.0 Å². The lowest BCUT2D eigenvalue weighted by atomic mass is 10.1. The van der Waals surface area contributed by atoms with Crippen LogP contribution < -0.4 is 5.32 Å². The maximum absolute atomic E-state index is 14.0. The van der Waals surface area contributed by atoms with Crippen LogP contribution in [0.1, 0.15) is 16.8 Å². The topological polar surface area (TPSA) is 46.9 Å². The quantitative estimate of drug-likeness (QED) is 0.329. The zero-order valence-electron chi connectivity index (χ0n) is 16.2. The summed E-state index contributed by atoms with van der Waals surface area (Å²) < 4.78 is 43.5. The number of nitrogens with one attached hydrogen (secondary N) is 1. The Hall–Kier alpha value is -2.01. The number of thiocarbonyl (C=S) groups is 1. The lowest BCUT2D eigenvalue weighted by molar-refractivity contribution is -0.142. The van der Waals surface area contributed by atoms with Crippen molar-refractivity contribution in [3.63, 3.8) is 0 Å². The summed E-state index contributed by atoms with van der Waals surface area (Å²) in [5, 5.41) is 6.61. The fourth-order valence-corrected chi connectivity index (χ4v) is 5.71. The fourth-order valence-electron chi connectivity index (χ4n) is 3.18. The zero-order chi connectivity index (χ0) is 22.9. The van der Waals surface area contributed by atoms with Crippen molar-refractivity contribution in [3.05, 3.63) is 76.4 Å². The third kappa shape index (κ3) is 5.14. The van der Waals surface area contributed by atoms with Crippen molar-refractivity contribution in [1.29, 1.82) is 0 Å². The minimum atomic E-state index is -4.68. The van der Waals surface area contributed by atoms with E-state index in [1.165, 1.54) is 16.4 Å². The SMILES string of the molecule is O=C1NC(=S)SC1Cc1c(C(F)(F)F)nn(-c2ccccc2)c1SCc1ccc(Cl)cc1. The van der Waals surface area contributed by atoms with Crippen LogP contribution in [0.3, 0.4) is 0 Å². The van der Waals surface area contributed by atoms with E-state index in [9.17, 15) is 18.0 Å². The Morgan fingerprint density at radius 3 is 2.44 bits per heavy atom.